The lowest BCUT2D eigenvalue weighted by molar-refractivity contribution is 0.0485. The van der Waals surface area contributed by atoms with Gasteiger partial charge >= 0.3 is 0 Å². The molecule has 10 nitrogen and oxygen atoms in total. The summed E-state index contributed by atoms with van der Waals surface area (Å²) in [6.07, 6.45) is 3.39. The van der Waals surface area contributed by atoms with Crippen molar-refractivity contribution in [3.8, 4) is 5.75 Å². The van der Waals surface area contributed by atoms with E-state index in [0.29, 0.717) is 36.5 Å². The standard InChI is InChI=1S/C25H38N4O6/c1-17(2)34-16-23-27-25(28-35-23)29-10-8-19(9-11-29)5-4-12-33-21-6-7-22(18(3)13-21)24(32)26-14-20(31)15-30/h6-7,13,17,19-20,30-31H,4-5,8-12,14-16H2,1-3H3,(H,26,32). The topological polar surface area (TPSA) is 130 Å². The highest BCUT2D eigenvalue weighted by Crippen LogP contribution is 2.25. The Balaban J connectivity index is 1.34. The number of carbonyl (C=O) groups is 1. The van der Waals surface area contributed by atoms with Crippen LogP contribution in [0, 0.1) is 12.8 Å². The predicted octanol–water partition coefficient (Wildman–Crippen LogP) is 2.46. The summed E-state index contributed by atoms with van der Waals surface area (Å²) >= 11 is 0. The molecule has 0 bridgehead atoms. The maximum Gasteiger partial charge on any atom is 0.266 e. The van der Waals surface area contributed by atoms with Gasteiger partial charge < -0.3 is 34.4 Å². The van der Waals surface area contributed by atoms with Crippen LogP contribution in [-0.4, -0.2) is 71.3 Å². The van der Waals surface area contributed by atoms with Crippen molar-refractivity contribution in [2.24, 2.45) is 5.92 Å². The van der Waals surface area contributed by atoms with Gasteiger partial charge in [0.05, 0.1) is 25.4 Å². The van der Waals surface area contributed by atoms with Gasteiger partial charge in [0.15, 0.2) is 0 Å². The number of benzene rings is 1. The summed E-state index contributed by atoms with van der Waals surface area (Å²) in [4.78, 5) is 18.8. The normalized spacial score (nSPS) is 15.4. The van der Waals surface area contributed by atoms with Crippen LogP contribution in [0.25, 0.3) is 0 Å². The number of aliphatic hydroxyl groups is 2. The molecule has 0 spiro atoms. The highest BCUT2D eigenvalue weighted by molar-refractivity contribution is 5.95. The van der Waals surface area contributed by atoms with Gasteiger partial charge in [-0.25, -0.2) is 0 Å². The van der Waals surface area contributed by atoms with Crippen molar-refractivity contribution in [1.82, 2.24) is 15.5 Å². The molecule has 10 heteroatoms. The van der Waals surface area contributed by atoms with Crippen molar-refractivity contribution in [3.63, 3.8) is 0 Å². The summed E-state index contributed by atoms with van der Waals surface area (Å²) in [6.45, 7) is 8.20. The molecule has 1 amide bonds. The number of hydrogen-bond donors (Lipinski definition) is 3. The molecule has 2 aromatic rings. The first-order valence-electron chi connectivity index (χ1n) is 12.4. The van der Waals surface area contributed by atoms with Crippen molar-refractivity contribution in [2.45, 2.75) is 65.3 Å². The molecular formula is C25H38N4O6. The van der Waals surface area contributed by atoms with Gasteiger partial charge in [0.2, 0.25) is 0 Å². The number of amides is 1. The van der Waals surface area contributed by atoms with E-state index in [4.69, 9.17) is 19.1 Å². The number of rotatable bonds is 13. The minimum atomic E-state index is -0.962. The third kappa shape index (κ3) is 8.48. The Kier molecular flexibility index (Phi) is 10.3. The SMILES string of the molecule is Cc1cc(OCCCC2CCN(c3noc(COC(C)C)n3)CC2)ccc1C(=O)NCC(O)CO. The molecule has 0 saturated carbocycles. The zero-order valence-electron chi connectivity index (χ0n) is 20.9. The van der Waals surface area contributed by atoms with Gasteiger partial charge in [-0.2, -0.15) is 4.98 Å². The zero-order chi connectivity index (χ0) is 25.2. The summed E-state index contributed by atoms with van der Waals surface area (Å²) in [7, 11) is 0. The molecule has 1 aliphatic heterocycles. The molecule has 1 aromatic carbocycles. The second-order valence-corrected chi connectivity index (χ2v) is 9.29. The van der Waals surface area contributed by atoms with Crippen LogP contribution in [0.3, 0.4) is 0 Å². The lowest BCUT2D eigenvalue weighted by atomic mass is 9.92. The molecule has 3 N–H and O–H groups in total. The van der Waals surface area contributed by atoms with Crippen LogP contribution < -0.4 is 15.0 Å². The minimum absolute atomic E-state index is 0.00927. The Morgan fingerprint density at radius 2 is 2.09 bits per heavy atom. The minimum Gasteiger partial charge on any atom is -0.494 e. The molecule has 194 valence electrons. The van der Waals surface area contributed by atoms with E-state index in [0.717, 1.165) is 50.1 Å². The van der Waals surface area contributed by atoms with E-state index in [9.17, 15) is 9.90 Å². The number of carbonyl (C=O) groups excluding carboxylic acids is 1. The van der Waals surface area contributed by atoms with Crippen LogP contribution in [0.5, 0.6) is 5.75 Å². The predicted molar refractivity (Wildman–Crippen MR) is 130 cm³/mol. The molecule has 1 unspecified atom stereocenters. The van der Waals surface area contributed by atoms with Gasteiger partial charge in [-0.05, 0) is 81.3 Å². The Labute approximate surface area is 206 Å². The third-order valence-electron chi connectivity index (χ3n) is 6.07. The Hall–Kier alpha value is -2.69. The number of nitrogens with zero attached hydrogens (tertiary/aromatic N) is 3. The van der Waals surface area contributed by atoms with Crippen LogP contribution in [-0.2, 0) is 11.3 Å². The van der Waals surface area contributed by atoms with Gasteiger partial charge in [-0.3, -0.25) is 4.79 Å². The van der Waals surface area contributed by atoms with E-state index in [2.05, 4.69) is 20.4 Å². The smallest absolute Gasteiger partial charge is 0.266 e. The fourth-order valence-electron chi connectivity index (χ4n) is 4.01. The Morgan fingerprint density at radius 3 is 2.77 bits per heavy atom. The number of aromatic nitrogens is 2. The van der Waals surface area contributed by atoms with Crippen LogP contribution in [0.1, 0.15) is 61.3 Å². The van der Waals surface area contributed by atoms with Gasteiger partial charge in [0, 0.05) is 25.2 Å². The highest BCUT2D eigenvalue weighted by Gasteiger charge is 2.22. The maximum atomic E-state index is 12.2. The summed E-state index contributed by atoms with van der Waals surface area (Å²) < 4.78 is 16.7. The summed E-state index contributed by atoms with van der Waals surface area (Å²) in [5.41, 5.74) is 1.32. The molecule has 2 heterocycles. The number of hydrogen-bond acceptors (Lipinski definition) is 9. The first-order chi connectivity index (χ1) is 16.9. The average Bonchev–Trinajstić information content (AvgIpc) is 3.33. The number of anilines is 1. The average molecular weight is 491 g/mol. The van der Waals surface area contributed by atoms with E-state index >= 15 is 0 Å². The molecule has 35 heavy (non-hydrogen) atoms. The van der Waals surface area contributed by atoms with E-state index in [1.165, 1.54) is 0 Å². The molecule has 1 aliphatic rings. The summed E-state index contributed by atoms with van der Waals surface area (Å²) in [6, 6.07) is 5.36. The fraction of sp³-hybridized carbons (Fsp3) is 0.640. The monoisotopic (exact) mass is 490 g/mol. The molecule has 0 radical (unpaired) electrons. The summed E-state index contributed by atoms with van der Waals surface area (Å²) in [5.74, 6) is 2.25. The van der Waals surface area contributed by atoms with E-state index in [1.807, 2.05) is 26.8 Å². The van der Waals surface area contributed by atoms with Crippen LogP contribution in [0.15, 0.2) is 22.7 Å². The molecule has 3 rings (SSSR count). The lowest BCUT2D eigenvalue weighted by Crippen LogP contribution is -2.34. The second kappa shape index (κ2) is 13.4. The number of aryl methyl sites for hydroxylation is 1. The Bertz CT molecular complexity index is 926. The van der Waals surface area contributed by atoms with Crippen LogP contribution >= 0.6 is 0 Å². The number of nitrogens with one attached hydrogen (secondary N) is 1. The second-order valence-electron chi connectivity index (χ2n) is 9.29. The first-order valence-corrected chi connectivity index (χ1v) is 12.4. The number of piperidine rings is 1. The third-order valence-corrected chi connectivity index (χ3v) is 6.07. The van der Waals surface area contributed by atoms with Crippen molar-refractivity contribution in [3.05, 3.63) is 35.2 Å². The van der Waals surface area contributed by atoms with E-state index < -0.39 is 6.10 Å². The molecule has 1 saturated heterocycles. The lowest BCUT2D eigenvalue weighted by Gasteiger charge is -2.30. The van der Waals surface area contributed by atoms with Gasteiger partial charge in [-0.1, -0.05) is 0 Å². The van der Waals surface area contributed by atoms with Crippen molar-refractivity contribution >= 4 is 11.9 Å². The molecule has 1 fully saturated rings. The van der Waals surface area contributed by atoms with Gasteiger partial charge in [-0.15, -0.1) is 0 Å². The molecular weight excluding hydrogens is 452 g/mol. The van der Waals surface area contributed by atoms with Crippen molar-refractivity contribution < 1.29 is 29.0 Å². The van der Waals surface area contributed by atoms with Crippen LogP contribution in [0.4, 0.5) is 5.95 Å². The largest absolute Gasteiger partial charge is 0.494 e. The number of aliphatic hydroxyl groups excluding tert-OH is 2. The zero-order valence-corrected chi connectivity index (χ0v) is 20.9. The Morgan fingerprint density at radius 1 is 1.31 bits per heavy atom. The first kappa shape index (κ1) is 26.9. The molecule has 1 atom stereocenters. The van der Waals surface area contributed by atoms with Gasteiger partial charge in [0.25, 0.3) is 17.7 Å². The van der Waals surface area contributed by atoms with Crippen LogP contribution in [0.2, 0.25) is 0 Å². The summed E-state index contributed by atoms with van der Waals surface area (Å²) in [5, 5.41) is 24.9. The molecule has 1 aromatic heterocycles. The van der Waals surface area contributed by atoms with Gasteiger partial charge in [0.1, 0.15) is 12.4 Å². The van der Waals surface area contributed by atoms with E-state index in [1.54, 1.807) is 12.1 Å². The quantitative estimate of drug-likeness (QED) is 0.362. The maximum absolute atomic E-state index is 12.2. The van der Waals surface area contributed by atoms with Crippen molar-refractivity contribution in [1.29, 1.82) is 0 Å². The molecule has 0 aliphatic carbocycles. The highest BCUT2D eigenvalue weighted by atomic mass is 16.5. The van der Waals surface area contributed by atoms with E-state index in [-0.39, 0.29) is 25.2 Å². The number of ether oxygens (including phenoxy) is 2. The van der Waals surface area contributed by atoms with Crippen molar-refractivity contribution in [2.75, 3.05) is 37.7 Å². The fourth-order valence-corrected chi connectivity index (χ4v) is 4.01.